The van der Waals surface area contributed by atoms with Crippen LogP contribution in [-0.2, 0) is 0 Å². The average molecular weight is 678 g/mol. The molecule has 0 atom stereocenters. The van der Waals surface area contributed by atoms with Crippen molar-refractivity contribution in [3.05, 3.63) is 212 Å². The smallest absolute Gasteiger partial charge is 0.131 e. The Balaban J connectivity index is 1.11. The Bertz CT molecular complexity index is 2840. The van der Waals surface area contributed by atoms with Crippen LogP contribution in [0.25, 0.3) is 66.5 Å². The molecule has 0 aliphatic carbocycles. The lowest BCUT2D eigenvalue weighted by molar-refractivity contribution is 1.07. The van der Waals surface area contributed by atoms with E-state index in [1.807, 2.05) is 0 Å². The molecule has 10 rings (SSSR count). The predicted octanol–water partition coefficient (Wildman–Crippen LogP) is 13.5. The first-order valence-corrected chi connectivity index (χ1v) is 18.1. The Hall–Kier alpha value is -7.10. The number of para-hydroxylation sites is 4. The predicted molar refractivity (Wildman–Crippen MR) is 223 cm³/mol. The van der Waals surface area contributed by atoms with Crippen LogP contribution < -0.4 is 4.90 Å². The van der Waals surface area contributed by atoms with Gasteiger partial charge in [-0.1, -0.05) is 140 Å². The number of anilines is 3. The van der Waals surface area contributed by atoms with Gasteiger partial charge in [0.25, 0.3) is 0 Å². The van der Waals surface area contributed by atoms with Gasteiger partial charge in [-0.2, -0.15) is 0 Å². The minimum Gasteiger partial charge on any atom is -0.311 e. The van der Waals surface area contributed by atoms with Gasteiger partial charge in [0.2, 0.25) is 0 Å². The molecule has 3 nitrogen and oxygen atoms in total. The molecule has 0 radical (unpaired) electrons. The van der Waals surface area contributed by atoms with Gasteiger partial charge in [-0.15, -0.1) is 0 Å². The molecule has 0 spiro atoms. The molecule has 8 aromatic carbocycles. The largest absolute Gasteiger partial charge is 0.311 e. The molecule has 0 saturated carbocycles. The van der Waals surface area contributed by atoms with Crippen LogP contribution in [-0.4, -0.2) is 9.13 Å². The van der Waals surface area contributed by atoms with Gasteiger partial charge < -0.3 is 4.90 Å². The maximum Gasteiger partial charge on any atom is 0.131 e. The minimum atomic E-state index is 1.11. The van der Waals surface area contributed by atoms with E-state index >= 15 is 0 Å². The number of benzene rings is 8. The standard InChI is InChI=1S/C50H35N3/c1-5-15-36(16-6-1)37-25-30-43(31-26-37)51(40-17-7-2-8-18-40)44-32-27-38(28-33-44)39-29-34-46-48(35-39)53(42-21-11-4-12-22-42)50-49(46)45-23-13-14-24-47(45)52(50)41-19-9-3-10-20-41/h1-35H. The summed E-state index contributed by atoms with van der Waals surface area (Å²) < 4.78 is 4.85. The van der Waals surface area contributed by atoms with Crippen molar-refractivity contribution >= 4 is 49.9 Å². The summed E-state index contributed by atoms with van der Waals surface area (Å²) in [5, 5.41) is 3.76. The second kappa shape index (κ2) is 12.9. The van der Waals surface area contributed by atoms with Crippen LogP contribution in [0.1, 0.15) is 0 Å². The Kier molecular flexibility index (Phi) is 7.47. The van der Waals surface area contributed by atoms with Crippen LogP contribution in [0.15, 0.2) is 212 Å². The summed E-state index contributed by atoms with van der Waals surface area (Å²) in [6, 6.07) is 76.1. The van der Waals surface area contributed by atoms with E-state index < -0.39 is 0 Å². The Labute approximate surface area is 308 Å². The van der Waals surface area contributed by atoms with E-state index in [0.29, 0.717) is 0 Å². The van der Waals surface area contributed by atoms with Crippen molar-refractivity contribution in [2.45, 2.75) is 0 Å². The molecular weight excluding hydrogens is 643 g/mol. The number of fused-ring (bicyclic) bond motifs is 5. The highest BCUT2D eigenvalue weighted by Crippen LogP contribution is 2.42. The molecule has 0 unspecified atom stereocenters. The zero-order valence-corrected chi connectivity index (χ0v) is 29.0. The van der Waals surface area contributed by atoms with Crippen molar-refractivity contribution in [2.24, 2.45) is 0 Å². The zero-order valence-electron chi connectivity index (χ0n) is 29.0. The highest BCUT2D eigenvalue weighted by molar-refractivity contribution is 6.22. The van der Waals surface area contributed by atoms with Gasteiger partial charge in [0, 0.05) is 44.6 Å². The van der Waals surface area contributed by atoms with Crippen molar-refractivity contribution in [3.8, 4) is 33.6 Å². The van der Waals surface area contributed by atoms with E-state index in [-0.39, 0.29) is 0 Å². The first kappa shape index (κ1) is 30.7. The Morgan fingerprint density at radius 3 is 1.32 bits per heavy atom. The van der Waals surface area contributed by atoms with E-state index in [2.05, 4.69) is 226 Å². The van der Waals surface area contributed by atoms with Gasteiger partial charge in [-0.3, -0.25) is 9.13 Å². The summed E-state index contributed by atoms with van der Waals surface area (Å²) in [5.74, 6) is 0. The van der Waals surface area contributed by atoms with E-state index in [1.165, 1.54) is 55.1 Å². The van der Waals surface area contributed by atoms with E-state index in [4.69, 9.17) is 0 Å². The fourth-order valence-corrected chi connectivity index (χ4v) is 7.86. The first-order valence-electron chi connectivity index (χ1n) is 18.1. The molecule has 0 amide bonds. The minimum absolute atomic E-state index is 1.11. The quantitative estimate of drug-likeness (QED) is 0.164. The Morgan fingerprint density at radius 2 is 0.717 bits per heavy atom. The van der Waals surface area contributed by atoms with E-state index in [1.54, 1.807) is 0 Å². The van der Waals surface area contributed by atoms with Crippen LogP contribution in [0.4, 0.5) is 17.1 Å². The molecule has 53 heavy (non-hydrogen) atoms. The monoisotopic (exact) mass is 677 g/mol. The van der Waals surface area contributed by atoms with Crippen molar-refractivity contribution in [3.63, 3.8) is 0 Å². The van der Waals surface area contributed by atoms with Gasteiger partial charge in [0.05, 0.1) is 11.0 Å². The first-order chi connectivity index (χ1) is 26.3. The topological polar surface area (TPSA) is 13.1 Å². The van der Waals surface area contributed by atoms with Gasteiger partial charge in [0.15, 0.2) is 0 Å². The number of hydrogen-bond acceptors (Lipinski definition) is 1. The maximum absolute atomic E-state index is 2.44. The van der Waals surface area contributed by atoms with Gasteiger partial charge in [0.1, 0.15) is 5.65 Å². The second-order valence-corrected chi connectivity index (χ2v) is 13.4. The summed E-state index contributed by atoms with van der Waals surface area (Å²) in [5.41, 5.74) is 13.9. The lowest BCUT2D eigenvalue weighted by Crippen LogP contribution is -2.09. The molecule has 0 N–H and O–H groups in total. The van der Waals surface area contributed by atoms with Crippen molar-refractivity contribution < 1.29 is 0 Å². The molecule has 0 bridgehead atoms. The van der Waals surface area contributed by atoms with Gasteiger partial charge in [-0.25, -0.2) is 0 Å². The van der Waals surface area contributed by atoms with Crippen molar-refractivity contribution in [2.75, 3.05) is 4.90 Å². The lowest BCUT2D eigenvalue weighted by Gasteiger charge is -2.26. The maximum atomic E-state index is 2.44. The summed E-state index contributed by atoms with van der Waals surface area (Å²) in [6.07, 6.45) is 0. The van der Waals surface area contributed by atoms with Crippen LogP contribution in [0.2, 0.25) is 0 Å². The summed E-state index contributed by atoms with van der Waals surface area (Å²) in [6.45, 7) is 0. The molecule has 0 aliphatic heterocycles. The molecule has 0 saturated heterocycles. The van der Waals surface area contributed by atoms with Gasteiger partial charge >= 0.3 is 0 Å². The third kappa shape index (κ3) is 5.30. The van der Waals surface area contributed by atoms with Crippen LogP contribution in [0, 0.1) is 0 Å². The molecule has 0 fully saturated rings. The fraction of sp³-hybridized carbons (Fsp3) is 0. The zero-order chi connectivity index (χ0) is 35.1. The summed E-state index contributed by atoms with van der Waals surface area (Å²) >= 11 is 0. The third-order valence-corrected chi connectivity index (χ3v) is 10.3. The molecule has 2 heterocycles. The molecule has 0 aliphatic rings. The van der Waals surface area contributed by atoms with Crippen LogP contribution in [0.3, 0.4) is 0 Å². The van der Waals surface area contributed by atoms with Crippen LogP contribution >= 0.6 is 0 Å². The molecule has 250 valence electrons. The van der Waals surface area contributed by atoms with Gasteiger partial charge in [-0.05, 0) is 95.1 Å². The number of nitrogens with zero attached hydrogens (tertiary/aromatic N) is 3. The number of aromatic nitrogens is 2. The van der Waals surface area contributed by atoms with Crippen LogP contribution in [0.5, 0.6) is 0 Å². The molecular formula is C50H35N3. The number of rotatable bonds is 7. The molecule has 2 aromatic heterocycles. The fourth-order valence-electron chi connectivity index (χ4n) is 7.86. The normalized spacial score (nSPS) is 11.4. The SMILES string of the molecule is c1ccc(-c2ccc(N(c3ccccc3)c3ccc(-c4ccc5c6c7ccccc7n(-c7ccccc7)c6n(-c6ccccc6)c5c4)cc3)cc2)cc1. The lowest BCUT2D eigenvalue weighted by atomic mass is 10.0. The Morgan fingerprint density at radius 1 is 0.302 bits per heavy atom. The highest BCUT2D eigenvalue weighted by atomic mass is 15.1. The third-order valence-electron chi connectivity index (χ3n) is 10.3. The molecule has 10 aromatic rings. The van der Waals surface area contributed by atoms with E-state index in [0.717, 1.165) is 28.4 Å². The van der Waals surface area contributed by atoms with Crippen molar-refractivity contribution in [1.82, 2.24) is 9.13 Å². The average Bonchev–Trinajstić information content (AvgIpc) is 3.75. The summed E-state index contributed by atoms with van der Waals surface area (Å²) in [4.78, 5) is 2.32. The molecule has 3 heteroatoms. The highest BCUT2D eigenvalue weighted by Gasteiger charge is 2.22. The van der Waals surface area contributed by atoms with Crippen molar-refractivity contribution in [1.29, 1.82) is 0 Å². The van der Waals surface area contributed by atoms with E-state index in [9.17, 15) is 0 Å². The number of hydrogen-bond donors (Lipinski definition) is 0. The second-order valence-electron chi connectivity index (χ2n) is 13.4. The summed E-state index contributed by atoms with van der Waals surface area (Å²) in [7, 11) is 0.